The Balaban J connectivity index is 3.60. The lowest BCUT2D eigenvalue weighted by molar-refractivity contribution is -0.123. The number of carbonyl (C=O) groups excluding carboxylic acids is 1. The molecule has 0 spiro atoms. The lowest BCUT2D eigenvalue weighted by Crippen LogP contribution is -2.45. The molecule has 0 radical (unpaired) electrons. The second kappa shape index (κ2) is 34.1. The standard InChI is InChI=1S/C38H71NO3/c1-3-5-7-9-11-13-15-16-17-18-19-20-21-22-24-26-28-30-32-34-38(42)39-36(35-40)37(41)33-31-29-27-25-23-14-12-10-8-6-4-2/h8,10,23,25,31,33,36-37,40-41H,3-7,9,11-22,24,26-30,32,34-35H2,1-2H3,(H,39,42)/b10-8+,25-23+,33-31+. The van der Waals surface area contributed by atoms with Gasteiger partial charge in [0.2, 0.25) is 5.91 Å². The van der Waals surface area contributed by atoms with Crippen LogP contribution in [0.4, 0.5) is 0 Å². The maximum Gasteiger partial charge on any atom is 0.220 e. The quantitative estimate of drug-likeness (QED) is 0.0540. The van der Waals surface area contributed by atoms with Crippen molar-refractivity contribution in [1.29, 1.82) is 0 Å². The van der Waals surface area contributed by atoms with Gasteiger partial charge in [0, 0.05) is 6.42 Å². The van der Waals surface area contributed by atoms with E-state index in [1.165, 1.54) is 116 Å². The average Bonchev–Trinajstić information content (AvgIpc) is 2.99. The van der Waals surface area contributed by atoms with Gasteiger partial charge < -0.3 is 15.5 Å². The topological polar surface area (TPSA) is 69.6 Å². The van der Waals surface area contributed by atoms with Crippen LogP contribution in [0.15, 0.2) is 36.5 Å². The van der Waals surface area contributed by atoms with E-state index >= 15 is 0 Å². The maximum atomic E-state index is 12.3. The largest absolute Gasteiger partial charge is 0.394 e. The molecule has 0 bridgehead atoms. The highest BCUT2D eigenvalue weighted by Crippen LogP contribution is 2.15. The number of aliphatic hydroxyl groups is 2. The summed E-state index contributed by atoms with van der Waals surface area (Å²) in [6, 6.07) is -0.639. The van der Waals surface area contributed by atoms with E-state index in [9.17, 15) is 15.0 Å². The summed E-state index contributed by atoms with van der Waals surface area (Å²) in [6.45, 7) is 4.21. The Labute approximate surface area is 261 Å². The Morgan fingerprint density at radius 1 is 0.548 bits per heavy atom. The van der Waals surface area contributed by atoms with Crippen molar-refractivity contribution in [2.45, 2.75) is 193 Å². The molecule has 42 heavy (non-hydrogen) atoms. The van der Waals surface area contributed by atoms with Gasteiger partial charge in [0.05, 0.1) is 18.8 Å². The summed E-state index contributed by atoms with van der Waals surface area (Å²) in [6.07, 6.45) is 43.8. The van der Waals surface area contributed by atoms with E-state index in [1.807, 2.05) is 6.08 Å². The Hall–Kier alpha value is -1.39. The predicted molar refractivity (Wildman–Crippen MR) is 184 cm³/mol. The number of unbranched alkanes of at least 4 members (excludes halogenated alkanes) is 21. The smallest absolute Gasteiger partial charge is 0.220 e. The van der Waals surface area contributed by atoms with Gasteiger partial charge >= 0.3 is 0 Å². The zero-order valence-corrected chi connectivity index (χ0v) is 28.0. The van der Waals surface area contributed by atoms with Crippen LogP contribution in [0.2, 0.25) is 0 Å². The van der Waals surface area contributed by atoms with Gasteiger partial charge in [-0.05, 0) is 38.5 Å². The highest BCUT2D eigenvalue weighted by Gasteiger charge is 2.17. The number of rotatable bonds is 32. The molecule has 0 aromatic carbocycles. The zero-order valence-electron chi connectivity index (χ0n) is 28.0. The highest BCUT2D eigenvalue weighted by molar-refractivity contribution is 5.76. The number of carbonyl (C=O) groups is 1. The first-order chi connectivity index (χ1) is 20.7. The molecular formula is C38H71NO3. The summed E-state index contributed by atoms with van der Waals surface area (Å²) < 4.78 is 0. The molecule has 3 N–H and O–H groups in total. The number of hydrogen-bond donors (Lipinski definition) is 3. The van der Waals surface area contributed by atoms with E-state index in [2.05, 4.69) is 43.5 Å². The molecule has 0 saturated heterocycles. The van der Waals surface area contributed by atoms with Crippen LogP contribution in [0, 0.1) is 0 Å². The van der Waals surface area contributed by atoms with Crippen molar-refractivity contribution in [2.75, 3.05) is 6.61 Å². The molecule has 1 amide bonds. The average molecular weight is 590 g/mol. The number of allylic oxidation sites excluding steroid dienone is 5. The van der Waals surface area contributed by atoms with Crippen LogP contribution < -0.4 is 5.32 Å². The van der Waals surface area contributed by atoms with Gasteiger partial charge in [0.25, 0.3) is 0 Å². The van der Waals surface area contributed by atoms with Crippen LogP contribution in [0.5, 0.6) is 0 Å². The van der Waals surface area contributed by atoms with Crippen LogP contribution in [0.1, 0.15) is 181 Å². The van der Waals surface area contributed by atoms with Crippen molar-refractivity contribution < 1.29 is 15.0 Å². The van der Waals surface area contributed by atoms with Crippen LogP contribution in [0.3, 0.4) is 0 Å². The predicted octanol–water partition coefficient (Wildman–Crippen LogP) is 10.7. The number of hydrogen-bond acceptors (Lipinski definition) is 3. The van der Waals surface area contributed by atoms with Crippen molar-refractivity contribution in [1.82, 2.24) is 5.32 Å². The SMILES string of the molecule is CCC/C=C/CC/C=C/CC/C=C/C(O)C(CO)NC(=O)CCCCCCCCCCCCCCCCCCCCC. The molecule has 0 aliphatic heterocycles. The third-order valence-electron chi connectivity index (χ3n) is 8.08. The van der Waals surface area contributed by atoms with Gasteiger partial charge in [-0.2, -0.15) is 0 Å². The third-order valence-corrected chi connectivity index (χ3v) is 8.08. The molecule has 0 heterocycles. The maximum absolute atomic E-state index is 12.3. The Morgan fingerprint density at radius 3 is 1.33 bits per heavy atom. The minimum Gasteiger partial charge on any atom is -0.394 e. The Bertz CT molecular complexity index is 642. The van der Waals surface area contributed by atoms with E-state index in [4.69, 9.17) is 0 Å². The monoisotopic (exact) mass is 590 g/mol. The molecule has 0 fully saturated rings. The molecule has 2 atom stereocenters. The summed E-state index contributed by atoms with van der Waals surface area (Å²) >= 11 is 0. The lowest BCUT2D eigenvalue weighted by Gasteiger charge is -2.19. The van der Waals surface area contributed by atoms with Crippen LogP contribution in [-0.2, 0) is 4.79 Å². The normalized spacial score (nSPS) is 13.5. The first-order valence-electron chi connectivity index (χ1n) is 18.2. The van der Waals surface area contributed by atoms with Gasteiger partial charge in [-0.1, -0.05) is 172 Å². The molecular weight excluding hydrogens is 518 g/mol. The molecule has 246 valence electrons. The lowest BCUT2D eigenvalue weighted by atomic mass is 10.0. The van der Waals surface area contributed by atoms with Crippen LogP contribution >= 0.6 is 0 Å². The third kappa shape index (κ3) is 30.1. The van der Waals surface area contributed by atoms with E-state index in [1.54, 1.807) is 6.08 Å². The molecule has 0 saturated carbocycles. The molecule has 0 rings (SSSR count). The fourth-order valence-corrected chi connectivity index (χ4v) is 5.27. The Morgan fingerprint density at radius 2 is 0.929 bits per heavy atom. The van der Waals surface area contributed by atoms with Gasteiger partial charge in [0.15, 0.2) is 0 Å². The molecule has 4 heteroatoms. The number of amides is 1. The molecule has 0 aromatic heterocycles. The molecule has 2 unspecified atom stereocenters. The van der Waals surface area contributed by atoms with E-state index in [-0.39, 0.29) is 12.5 Å². The fourth-order valence-electron chi connectivity index (χ4n) is 5.27. The van der Waals surface area contributed by atoms with Crippen molar-refractivity contribution in [2.24, 2.45) is 0 Å². The van der Waals surface area contributed by atoms with Crippen molar-refractivity contribution >= 4 is 5.91 Å². The minimum absolute atomic E-state index is 0.0793. The first kappa shape index (κ1) is 40.6. The van der Waals surface area contributed by atoms with Crippen LogP contribution in [0.25, 0.3) is 0 Å². The summed E-state index contributed by atoms with van der Waals surface area (Å²) in [4.78, 5) is 12.3. The molecule has 0 aromatic rings. The van der Waals surface area contributed by atoms with Gasteiger partial charge in [-0.15, -0.1) is 0 Å². The van der Waals surface area contributed by atoms with Crippen molar-refractivity contribution in [3.05, 3.63) is 36.5 Å². The number of aliphatic hydroxyl groups excluding tert-OH is 2. The highest BCUT2D eigenvalue weighted by atomic mass is 16.3. The Kier molecular flexibility index (Phi) is 33.0. The van der Waals surface area contributed by atoms with E-state index < -0.39 is 12.1 Å². The van der Waals surface area contributed by atoms with Crippen LogP contribution in [-0.4, -0.2) is 34.9 Å². The van der Waals surface area contributed by atoms with Gasteiger partial charge in [-0.25, -0.2) is 0 Å². The number of nitrogens with one attached hydrogen (secondary N) is 1. The fraction of sp³-hybridized carbons (Fsp3) is 0.816. The van der Waals surface area contributed by atoms with Gasteiger partial charge in [-0.3, -0.25) is 4.79 Å². The summed E-state index contributed by atoms with van der Waals surface area (Å²) in [7, 11) is 0. The summed E-state index contributed by atoms with van der Waals surface area (Å²) in [5.74, 6) is -0.0793. The van der Waals surface area contributed by atoms with E-state index in [0.717, 1.165) is 44.9 Å². The molecule has 4 nitrogen and oxygen atoms in total. The van der Waals surface area contributed by atoms with E-state index in [0.29, 0.717) is 6.42 Å². The minimum atomic E-state index is -0.864. The molecule has 0 aliphatic rings. The van der Waals surface area contributed by atoms with Crippen molar-refractivity contribution in [3.8, 4) is 0 Å². The summed E-state index contributed by atoms with van der Waals surface area (Å²) in [5, 5.41) is 22.8. The molecule has 0 aliphatic carbocycles. The first-order valence-corrected chi connectivity index (χ1v) is 18.2. The second-order valence-corrected chi connectivity index (χ2v) is 12.3. The zero-order chi connectivity index (χ0) is 30.8. The van der Waals surface area contributed by atoms with Gasteiger partial charge in [0.1, 0.15) is 0 Å². The summed E-state index contributed by atoms with van der Waals surface area (Å²) in [5.41, 5.74) is 0. The van der Waals surface area contributed by atoms with Crippen molar-refractivity contribution in [3.63, 3.8) is 0 Å². The second-order valence-electron chi connectivity index (χ2n) is 12.3.